The smallest absolute Gasteiger partial charge is 0.311 e. The van der Waals surface area contributed by atoms with E-state index in [9.17, 15) is 24.8 Å². The summed E-state index contributed by atoms with van der Waals surface area (Å²) in [5.41, 5.74) is -0.396. The van der Waals surface area contributed by atoms with Crippen molar-refractivity contribution in [3.05, 3.63) is 33.9 Å². The molecule has 0 bridgehead atoms. The molecule has 0 radical (unpaired) electrons. The van der Waals surface area contributed by atoms with Crippen molar-refractivity contribution in [1.29, 1.82) is 0 Å². The van der Waals surface area contributed by atoms with Gasteiger partial charge in [0.25, 0.3) is 11.6 Å². The molecule has 1 aromatic carbocycles. The van der Waals surface area contributed by atoms with Crippen LogP contribution in [0.3, 0.4) is 0 Å². The Hall–Kier alpha value is -2.64. The fourth-order valence-corrected chi connectivity index (χ4v) is 4.05. The lowest BCUT2D eigenvalue weighted by atomic mass is 9.81. The first-order valence-electron chi connectivity index (χ1n) is 7.88. The van der Waals surface area contributed by atoms with Crippen LogP contribution in [0.25, 0.3) is 0 Å². The summed E-state index contributed by atoms with van der Waals surface area (Å²) in [4.78, 5) is 36.2. The topological polar surface area (TPSA) is 113 Å². The van der Waals surface area contributed by atoms with Crippen LogP contribution in [0.15, 0.2) is 18.2 Å². The van der Waals surface area contributed by atoms with Gasteiger partial charge in [-0.1, -0.05) is 6.42 Å². The molecule has 8 nitrogen and oxygen atoms in total. The van der Waals surface area contributed by atoms with E-state index < -0.39 is 22.2 Å². The Labute approximate surface area is 138 Å². The maximum absolute atomic E-state index is 11.8. The molecule has 0 unspecified atom stereocenters. The van der Waals surface area contributed by atoms with E-state index in [1.165, 1.54) is 19.2 Å². The van der Waals surface area contributed by atoms with Gasteiger partial charge >= 0.3 is 5.97 Å². The number of hydrogen-bond donors (Lipinski definition) is 2. The Morgan fingerprint density at radius 1 is 1.46 bits per heavy atom. The number of nitrogens with one attached hydrogen (secondary N) is 1. The van der Waals surface area contributed by atoms with Gasteiger partial charge in [-0.15, -0.1) is 0 Å². The summed E-state index contributed by atoms with van der Waals surface area (Å²) in [6.45, 7) is 0.764. The molecule has 0 aromatic heterocycles. The SMILES string of the molecule is CNC(=O)c1ccc(N2C[C@@H]3CCC[C@@]3(C(=O)O)C2)c([N+](=O)[O-])c1. The van der Waals surface area contributed by atoms with Crippen LogP contribution in [0.4, 0.5) is 11.4 Å². The van der Waals surface area contributed by atoms with Crippen molar-refractivity contribution in [2.24, 2.45) is 11.3 Å². The molecular formula is C16H19N3O5. The zero-order valence-electron chi connectivity index (χ0n) is 13.3. The second-order valence-electron chi connectivity index (χ2n) is 6.47. The van der Waals surface area contributed by atoms with Crippen LogP contribution in [0.5, 0.6) is 0 Å². The van der Waals surface area contributed by atoms with Gasteiger partial charge in [-0.2, -0.15) is 0 Å². The summed E-state index contributed by atoms with van der Waals surface area (Å²) >= 11 is 0. The van der Waals surface area contributed by atoms with Crippen LogP contribution in [-0.4, -0.2) is 42.0 Å². The lowest BCUT2D eigenvalue weighted by Crippen LogP contribution is -2.35. The van der Waals surface area contributed by atoms with Crippen LogP contribution in [0, 0.1) is 21.4 Å². The number of aliphatic carboxylic acids is 1. The first-order chi connectivity index (χ1) is 11.4. The van der Waals surface area contributed by atoms with E-state index >= 15 is 0 Å². The van der Waals surface area contributed by atoms with Crippen molar-refractivity contribution in [2.45, 2.75) is 19.3 Å². The number of carboxylic acid groups (broad SMARTS) is 1. The number of carbonyl (C=O) groups is 2. The number of amides is 1. The predicted octanol–water partition coefficient (Wildman–Crippen LogP) is 1.65. The molecule has 0 spiro atoms. The van der Waals surface area contributed by atoms with Gasteiger partial charge in [-0.3, -0.25) is 19.7 Å². The third-order valence-corrected chi connectivity index (χ3v) is 5.30. The first kappa shape index (κ1) is 16.2. The highest BCUT2D eigenvalue weighted by Gasteiger charge is 2.55. The van der Waals surface area contributed by atoms with E-state index in [0.717, 1.165) is 12.8 Å². The van der Waals surface area contributed by atoms with E-state index in [2.05, 4.69) is 5.32 Å². The number of rotatable bonds is 4. The van der Waals surface area contributed by atoms with Crippen LogP contribution in [0.2, 0.25) is 0 Å². The second-order valence-corrected chi connectivity index (χ2v) is 6.47. The normalized spacial score (nSPS) is 25.4. The molecule has 2 aliphatic rings. The predicted molar refractivity (Wildman–Crippen MR) is 86.1 cm³/mol. The van der Waals surface area contributed by atoms with Gasteiger partial charge in [-0.25, -0.2) is 0 Å². The highest BCUT2D eigenvalue weighted by atomic mass is 16.6. The summed E-state index contributed by atoms with van der Waals surface area (Å²) < 4.78 is 0. The Kier molecular flexibility index (Phi) is 3.90. The second kappa shape index (κ2) is 5.77. The first-order valence-corrected chi connectivity index (χ1v) is 7.88. The minimum absolute atomic E-state index is 0.00761. The molecule has 3 rings (SSSR count). The minimum Gasteiger partial charge on any atom is -0.481 e. The number of fused-ring (bicyclic) bond motifs is 1. The van der Waals surface area contributed by atoms with Crippen molar-refractivity contribution < 1.29 is 19.6 Å². The standard InChI is InChI=1S/C16H19N3O5/c1-17-14(20)10-4-5-12(13(7-10)19(23)24)18-8-11-3-2-6-16(11,9-18)15(21)22/h4-5,7,11H,2-3,6,8-9H2,1H3,(H,17,20)(H,21,22)/t11-,16+/m0/s1. The van der Waals surface area contributed by atoms with Crippen molar-refractivity contribution in [1.82, 2.24) is 5.32 Å². The minimum atomic E-state index is -0.822. The summed E-state index contributed by atoms with van der Waals surface area (Å²) in [5, 5.41) is 23.5. The molecule has 2 fully saturated rings. The van der Waals surface area contributed by atoms with Crippen LogP contribution >= 0.6 is 0 Å². The van der Waals surface area contributed by atoms with E-state index in [-0.39, 0.29) is 23.7 Å². The molecule has 1 amide bonds. The van der Waals surface area contributed by atoms with Crippen molar-refractivity contribution in [2.75, 3.05) is 25.0 Å². The van der Waals surface area contributed by atoms with E-state index in [1.807, 2.05) is 0 Å². The van der Waals surface area contributed by atoms with Crippen molar-refractivity contribution >= 4 is 23.3 Å². The molecular weight excluding hydrogens is 314 g/mol. The molecule has 8 heteroatoms. The Balaban J connectivity index is 1.97. The lowest BCUT2D eigenvalue weighted by Gasteiger charge is -2.24. The molecule has 128 valence electrons. The summed E-state index contributed by atoms with van der Waals surface area (Å²) in [7, 11) is 1.46. The molecule has 1 aromatic rings. The van der Waals surface area contributed by atoms with Crippen LogP contribution < -0.4 is 10.2 Å². The molecule has 1 aliphatic carbocycles. The average Bonchev–Trinajstić information content (AvgIpc) is 3.11. The Morgan fingerprint density at radius 2 is 2.21 bits per heavy atom. The largest absolute Gasteiger partial charge is 0.481 e. The summed E-state index contributed by atoms with van der Waals surface area (Å²) in [6, 6.07) is 4.32. The fourth-order valence-electron chi connectivity index (χ4n) is 4.05. The van der Waals surface area contributed by atoms with Gasteiger partial charge in [-0.05, 0) is 30.9 Å². The monoisotopic (exact) mass is 333 g/mol. The molecule has 2 atom stereocenters. The van der Waals surface area contributed by atoms with Gasteiger partial charge in [0.1, 0.15) is 5.69 Å². The number of carbonyl (C=O) groups excluding carboxylic acids is 1. The molecule has 2 N–H and O–H groups in total. The number of benzene rings is 1. The zero-order chi connectivity index (χ0) is 17.5. The van der Waals surface area contributed by atoms with E-state index in [1.54, 1.807) is 11.0 Å². The lowest BCUT2D eigenvalue weighted by molar-refractivity contribution is -0.384. The maximum Gasteiger partial charge on any atom is 0.311 e. The Morgan fingerprint density at radius 3 is 2.79 bits per heavy atom. The Bertz CT molecular complexity index is 720. The molecule has 1 saturated carbocycles. The maximum atomic E-state index is 11.8. The highest BCUT2D eigenvalue weighted by Crippen LogP contribution is 2.50. The van der Waals surface area contributed by atoms with Gasteiger partial charge in [0.15, 0.2) is 0 Å². The van der Waals surface area contributed by atoms with Crippen LogP contribution in [0.1, 0.15) is 29.6 Å². The summed E-state index contributed by atoms with van der Waals surface area (Å²) in [6.07, 6.45) is 2.31. The van der Waals surface area contributed by atoms with Gasteiger partial charge in [0.05, 0.1) is 10.3 Å². The van der Waals surface area contributed by atoms with E-state index in [0.29, 0.717) is 18.7 Å². The molecule has 24 heavy (non-hydrogen) atoms. The molecule has 1 saturated heterocycles. The van der Waals surface area contributed by atoms with Crippen molar-refractivity contribution in [3.63, 3.8) is 0 Å². The fraction of sp³-hybridized carbons (Fsp3) is 0.500. The number of carboxylic acids is 1. The number of nitro groups is 1. The van der Waals surface area contributed by atoms with Gasteiger partial charge < -0.3 is 15.3 Å². The highest BCUT2D eigenvalue weighted by molar-refractivity contribution is 5.95. The average molecular weight is 333 g/mol. The van der Waals surface area contributed by atoms with Gasteiger partial charge in [0.2, 0.25) is 0 Å². The molecule has 1 heterocycles. The van der Waals surface area contributed by atoms with Crippen molar-refractivity contribution in [3.8, 4) is 0 Å². The van der Waals surface area contributed by atoms with Crippen LogP contribution in [-0.2, 0) is 4.79 Å². The quantitative estimate of drug-likeness (QED) is 0.640. The van der Waals surface area contributed by atoms with E-state index in [4.69, 9.17) is 0 Å². The third kappa shape index (κ3) is 2.38. The zero-order valence-corrected chi connectivity index (χ0v) is 13.3. The van der Waals surface area contributed by atoms with Gasteiger partial charge in [0, 0.05) is 31.8 Å². The number of nitro benzene ring substituents is 1. The third-order valence-electron chi connectivity index (χ3n) is 5.30. The molecule has 1 aliphatic heterocycles. The summed E-state index contributed by atoms with van der Waals surface area (Å²) in [5.74, 6) is -1.21. The number of nitrogens with zero attached hydrogens (tertiary/aromatic N) is 2. The number of anilines is 1. The number of hydrogen-bond acceptors (Lipinski definition) is 5.